The van der Waals surface area contributed by atoms with E-state index in [4.69, 9.17) is 64.1 Å². The maximum absolute atomic E-state index is 6.98. The van der Waals surface area contributed by atoms with E-state index >= 15 is 0 Å². The molecule has 12 heteroatoms. The Morgan fingerprint density at radius 2 is 0.522 bits per heavy atom. The van der Waals surface area contributed by atoms with E-state index in [2.05, 4.69) is 127 Å². The van der Waals surface area contributed by atoms with Crippen LogP contribution in [0, 0.1) is 0 Å². The highest BCUT2D eigenvalue weighted by molar-refractivity contribution is 6.72. The minimum Gasteiger partial charge on any atom is -0.543 e. The van der Waals surface area contributed by atoms with E-state index in [1.807, 2.05) is 0 Å². The molecule has 0 N–H and O–H groups in total. The molecule has 0 saturated heterocycles. The lowest BCUT2D eigenvalue weighted by atomic mass is 9.75. The van der Waals surface area contributed by atoms with Crippen LogP contribution in [0.15, 0.2) is 48.5 Å². The highest BCUT2D eigenvalue weighted by atomic mass is 35.5. The summed E-state index contributed by atoms with van der Waals surface area (Å²) in [5.74, 6) is 3.81. The van der Waals surface area contributed by atoms with Crippen molar-refractivity contribution in [3.8, 4) is 45.3 Å². The first-order valence-corrected chi connectivity index (χ1v) is 31.1. The average Bonchev–Trinajstić information content (AvgIpc) is 2.87. The molecule has 0 unspecified atom stereocenters. The van der Waals surface area contributed by atoms with Crippen molar-refractivity contribution in [2.24, 2.45) is 0 Å². The van der Waals surface area contributed by atoms with E-state index in [1.165, 1.54) is 0 Å². The normalized spacial score (nSPS) is 12.5. The summed E-state index contributed by atoms with van der Waals surface area (Å²) < 4.78 is 27.9. The minimum absolute atomic E-state index is 0.194. The minimum atomic E-state index is -1.98. The standard InChI is InChI=1S/C32H44O4Si4.2CH2Cl2/c1-37(2,3)33-29-21-17-13-14-18-22(21)30(34-38(4,5)6)26-25(29)27-28(26)32(36-40(10,11)12)24-20-16-15-19-23(24)31(27)35-39(7,8)9;2*2-1-3/h13-20H,1-12H3;2*1H2. The van der Waals surface area contributed by atoms with Crippen LogP contribution in [0.3, 0.4) is 0 Å². The second kappa shape index (κ2) is 15.0. The van der Waals surface area contributed by atoms with Crippen molar-refractivity contribution in [1.82, 2.24) is 0 Å². The van der Waals surface area contributed by atoms with Crippen molar-refractivity contribution in [3.05, 3.63) is 48.5 Å². The van der Waals surface area contributed by atoms with Crippen molar-refractivity contribution >= 4 is 101 Å². The molecular weight excluding hydrogens is 727 g/mol. The Kier molecular flexibility index (Phi) is 12.8. The van der Waals surface area contributed by atoms with Crippen LogP contribution >= 0.6 is 46.4 Å². The van der Waals surface area contributed by atoms with Crippen LogP contribution in [0.4, 0.5) is 0 Å². The highest BCUT2D eigenvalue weighted by Gasteiger charge is 2.43. The third kappa shape index (κ3) is 9.40. The number of benzene rings is 4. The summed E-state index contributed by atoms with van der Waals surface area (Å²) in [5, 5.41) is 4.79. The zero-order chi connectivity index (χ0) is 34.8. The van der Waals surface area contributed by atoms with Gasteiger partial charge in [-0.05, 0) is 78.6 Å². The Labute approximate surface area is 300 Å². The number of rotatable bonds is 8. The van der Waals surface area contributed by atoms with E-state index in [0.717, 1.165) is 66.8 Å². The van der Waals surface area contributed by atoms with Crippen molar-refractivity contribution in [1.29, 1.82) is 0 Å². The molecule has 5 rings (SSSR count). The zero-order valence-electron chi connectivity index (χ0n) is 29.2. The quantitative estimate of drug-likeness (QED) is 0.116. The largest absolute Gasteiger partial charge is 0.543 e. The van der Waals surface area contributed by atoms with Gasteiger partial charge in [-0.25, -0.2) is 0 Å². The van der Waals surface area contributed by atoms with Gasteiger partial charge in [-0.3, -0.25) is 0 Å². The van der Waals surface area contributed by atoms with Crippen LogP contribution in [0.5, 0.6) is 23.0 Å². The molecule has 1 aliphatic rings. The predicted molar refractivity (Wildman–Crippen MR) is 215 cm³/mol. The van der Waals surface area contributed by atoms with Gasteiger partial charge in [0.1, 0.15) is 23.0 Å². The fraction of sp³-hybridized carbons (Fsp3) is 0.412. The smallest absolute Gasteiger partial charge is 0.242 e. The number of alkyl halides is 4. The van der Waals surface area contributed by atoms with E-state index in [0.29, 0.717) is 0 Å². The molecule has 0 atom stereocenters. The van der Waals surface area contributed by atoms with Crippen molar-refractivity contribution in [2.75, 3.05) is 10.7 Å². The van der Waals surface area contributed by atoms with Gasteiger partial charge in [0.15, 0.2) is 0 Å². The lowest BCUT2D eigenvalue weighted by Crippen LogP contribution is -2.33. The van der Waals surface area contributed by atoms with Crippen molar-refractivity contribution in [3.63, 3.8) is 0 Å². The molecule has 4 nitrogen and oxygen atoms in total. The number of hydrogen-bond acceptors (Lipinski definition) is 4. The molecule has 0 aromatic heterocycles. The fourth-order valence-corrected chi connectivity index (χ4v) is 8.59. The Morgan fingerprint density at radius 1 is 0.370 bits per heavy atom. The second-order valence-electron chi connectivity index (χ2n) is 15.0. The average molecular weight is 775 g/mol. The third-order valence-corrected chi connectivity index (χ3v) is 9.64. The van der Waals surface area contributed by atoms with E-state index < -0.39 is 33.3 Å². The molecule has 0 fully saturated rings. The van der Waals surface area contributed by atoms with E-state index in [9.17, 15) is 0 Å². The predicted octanol–water partition coefficient (Wildman–Crippen LogP) is 13.3. The first kappa shape index (κ1) is 39.1. The number of halogens is 4. The van der Waals surface area contributed by atoms with Gasteiger partial charge in [0.2, 0.25) is 33.3 Å². The summed E-state index contributed by atoms with van der Waals surface area (Å²) in [6.45, 7) is 27.0. The van der Waals surface area contributed by atoms with Gasteiger partial charge in [0.25, 0.3) is 0 Å². The number of fused-ring (bicyclic) bond motifs is 6. The Hall–Kier alpha value is -1.37. The molecule has 4 aromatic carbocycles. The molecule has 0 spiro atoms. The molecule has 1 aliphatic carbocycles. The monoisotopic (exact) mass is 772 g/mol. The van der Waals surface area contributed by atoms with Crippen molar-refractivity contribution in [2.45, 2.75) is 78.6 Å². The lowest BCUT2D eigenvalue weighted by molar-refractivity contribution is 0.541. The summed E-state index contributed by atoms with van der Waals surface area (Å²) in [6.07, 6.45) is 0. The molecule has 0 heterocycles. The maximum atomic E-state index is 6.98. The molecular formula is C34H48Cl4O4Si4. The molecule has 0 amide bonds. The molecule has 0 saturated carbocycles. The van der Waals surface area contributed by atoms with Crippen LogP contribution in [0.25, 0.3) is 43.8 Å². The summed E-state index contributed by atoms with van der Waals surface area (Å²) in [5.41, 5.74) is 4.46. The van der Waals surface area contributed by atoms with Gasteiger partial charge < -0.3 is 17.7 Å². The Bertz CT molecular complexity index is 1430. The van der Waals surface area contributed by atoms with E-state index in [-0.39, 0.29) is 10.7 Å². The third-order valence-electron chi connectivity index (χ3n) is 6.37. The van der Waals surface area contributed by atoms with Crippen LogP contribution in [0.2, 0.25) is 78.6 Å². The van der Waals surface area contributed by atoms with Gasteiger partial charge in [-0.2, -0.15) is 0 Å². The van der Waals surface area contributed by atoms with Gasteiger partial charge in [-0.15, -0.1) is 46.4 Å². The topological polar surface area (TPSA) is 36.9 Å². The first-order chi connectivity index (χ1) is 21.2. The Morgan fingerprint density at radius 3 is 0.652 bits per heavy atom. The SMILES string of the molecule is C[Si](C)(C)Oc1c2c(c(O[Si](C)(C)C)c3ccccc13)-c1c-2c(O[Si](C)(C)C)c2ccccc2c1O[Si](C)(C)C.ClCCl.ClCCl. The molecule has 0 aliphatic heterocycles. The van der Waals surface area contributed by atoms with Gasteiger partial charge in [-0.1, -0.05) is 48.5 Å². The van der Waals surface area contributed by atoms with Crippen LogP contribution in [0.1, 0.15) is 0 Å². The van der Waals surface area contributed by atoms with Crippen LogP contribution < -0.4 is 17.7 Å². The second-order valence-corrected chi connectivity index (χ2v) is 34.3. The molecule has 4 aromatic rings. The molecule has 252 valence electrons. The first-order valence-electron chi connectivity index (χ1n) is 15.4. The van der Waals surface area contributed by atoms with Crippen LogP contribution in [-0.2, 0) is 0 Å². The van der Waals surface area contributed by atoms with E-state index in [1.54, 1.807) is 0 Å². The summed E-state index contributed by atoms with van der Waals surface area (Å²) in [4.78, 5) is 0. The highest BCUT2D eigenvalue weighted by Crippen LogP contribution is 2.67. The van der Waals surface area contributed by atoms with Gasteiger partial charge >= 0.3 is 0 Å². The summed E-state index contributed by atoms with van der Waals surface area (Å²) in [6, 6.07) is 17.1. The summed E-state index contributed by atoms with van der Waals surface area (Å²) >= 11 is 19.1. The fourth-order valence-electron chi connectivity index (χ4n) is 5.29. The molecule has 0 radical (unpaired) electrons. The number of hydrogen-bond donors (Lipinski definition) is 0. The van der Waals surface area contributed by atoms with Gasteiger partial charge in [0, 0.05) is 43.8 Å². The van der Waals surface area contributed by atoms with Crippen molar-refractivity contribution < 1.29 is 17.7 Å². The molecule has 0 bridgehead atoms. The summed E-state index contributed by atoms with van der Waals surface area (Å²) in [7, 11) is -7.92. The van der Waals surface area contributed by atoms with Gasteiger partial charge in [0.05, 0.1) is 10.7 Å². The zero-order valence-corrected chi connectivity index (χ0v) is 36.2. The molecule has 46 heavy (non-hydrogen) atoms. The van der Waals surface area contributed by atoms with Crippen LogP contribution in [-0.4, -0.2) is 43.9 Å². The lowest BCUT2D eigenvalue weighted by Gasteiger charge is -2.39. The maximum Gasteiger partial charge on any atom is 0.242 e. The Balaban J connectivity index is 0.000000891.